The van der Waals surface area contributed by atoms with Crippen molar-refractivity contribution in [1.82, 2.24) is 10.3 Å². The van der Waals surface area contributed by atoms with E-state index < -0.39 is 23.8 Å². The van der Waals surface area contributed by atoms with Gasteiger partial charge in [0.05, 0.1) is 18.4 Å². The Labute approximate surface area is 201 Å². The monoisotopic (exact) mass is 472 g/mol. The summed E-state index contributed by atoms with van der Waals surface area (Å²) >= 11 is 0. The lowest BCUT2D eigenvalue weighted by molar-refractivity contribution is -0.138. The number of pyridine rings is 1. The smallest absolute Gasteiger partial charge is 0.305 e. The van der Waals surface area contributed by atoms with Gasteiger partial charge in [-0.3, -0.25) is 24.2 Å². The number of anilines is 2. The van der Waals surface area contributed by atoms with Crippen LogP contribution in [-0.4, -0.2) is 40.3 Å². The Kier molecular flexibility index (Phi) is 7.15. The second kappa shape index (κ2) is 10.6. The molecule has 178 valence electrons. The minimum absolute atomic E-state index is 0.000728. The number of carbonyl (C=O) groups is 4. The molecule has 1 saturated heterocycles. The first-order valence-corrected chi connectivity index (χ1v) is 11.1. The Morgan fingerprint density at radius 2 is 1.86 bits per heavy atom. The summed E-state index contributed by atoms with van der Waals surface area (Å²) in [6.07, 6.45) is 2.77. The summed E-state index contributed by atoms with van der Waals surface area (Å²) in [4.78, 5) is 54.9. The van der Waals surface area contributed by atoms with Gasteiger partial charge in [-0.15, -0.1) is 0 Å². The SMILES string of the molecule is O=C(O)CC(NC(=O)C1CC(=O)N(c2cccc(NC(=O)c3ccccc3)c2)C1)c1cccnc1. The lowest BCUT2D eigenvalue weighted by Gasteiger charge is -2.20. The van der Waals surface area contributed by atoms with E-state index in [-0.39, 0.29) is 31.2 Å². The highest BCUT2D eigenvalue weighted by atomic mass is 16.4. The normalized spacial score (nSPS) is 15.9. The van der Waals surface area contributed by atoms with Crippen molar-refractivity contribution in [3.05, 3.63) is 90.3 Å². The fourth-order valence-corrected chi connectivity index (χ4v) is 3.98. The molecule has 2 unspecified atom stereocenters. The number of amides is 3. The van der Waals surface area contributed by atoms with Gasteiger partial charge in [-0.1, -0.05) is 30.3 Å². The highest BCUT2D eigenvalue weighted by molar-refractivity contribution is 6.05. The number of carboxylic acids is 1. The van der Waals surface area contributed by atoms with Gasteiger partial charge in [0, 0.05) is 42.3 Å². The molecule has 9 heteroatoms. The van der Waals surface area contributed by atoms with E-state index in [0.29, 0.717) is 22.5 Å². The molecule has 2 atom stereocenters. The van der Waals surface area contributed by atoms with Gasteiger partial charge in [-0.05, 0) is 42.0 Å². The quantitative estimate of drug-likeness (QED) is 0.462. The van der Waals surface area contributed by atoms with E-state index >= 15 is 0 Å². The van der Waals surface area contributed by atoms with E-state index in [1.807, 2.05) is 6.07 Å². The van der Waals surface area contributed by atoms with Crippen LogP contribution in [0.5, 0.6) is 0 Å². The van der Waals surface area contributed by atoms with Gasteiger partial charge in [0.2, 0.25) is 11.8 Å². The zero-order valence-corrected chi connectivity index (χ0v) is 18.8. The molecular formula is C26H24N4O5. The number of aromatic nitrogens is 1. The molecule has 2 heterocycles. The fraction of sp³-hybridized carbons (Fsp3) is 0.192. The zero-order valence-electron chi connectivity index (χ0n) is 18.8. The van der Waals surface area contributed by atoms with Crippen LogP contribution in [-0.2, 0) is 14.4 Å². The minimum atomic E-state index is -1.06. The van der Waals surface area contributed by atoms with Crippen molar-refractivity contribution in [1.29, 1.82) is 0 Å². The maximum atomic E-state index is 12.9. The van der Waals surface area contributed by atoms with Gasteiger partial charge in [0.25, 0.3) is 5.91 Å². The third-order valence-corrected chi connectivity index (χ3v) is 5.73. The number of carboxylic acid groups (broad SMARTS) is 1. The summed E-state index contributed by atoms with van der Waals surface area (Å²) in [6, 6.07) is 18.2. The molecule has 0 spiro atoms. The summed E-state index contributed by atoms with van der Waals surface area (Å²) in [5.41, 5.74) is 2.17. The summed E-state index contributed by atoms with van der Waals surface area (Å²) in [5.74, 6) is -2.60. The molecule has 0 saturated carbocycles. The third-order valence-electron chi connectivity index (χ3n) is 5.73. The van der Waals surface area contributed by atoms with Crippen LogP contribution in [0.1, 0.15) is 34.8 Å². The molecule has 3 N–H and O–H groups in total. The van der Waals surface area contributed by atoms with E-state index in [9.17, 15) is 24.3 Å². The zero-order chi connectivity index (χ0) is 24.8. The molecule has 1 aromatic heterocycles. The van der Waals surface area contributed by atoms with Gasteiger partial charge in [0.15, 0.2) is 0 Å². The molecule has 4 rings (SSSR count). The highest BCUT2D eigenvalue weighted by Gasteiger charge is 2.36. The average molecular weight is 473 g/mol. The van der Waals surface area contributed by atoms with Crippen LogP contribution in [0, 0.1) is 5.92 Å². The Hall–Kier alpha value is -4.53. The van der Waals surface area contributed by atoms with Gasteiger partial charge in [-0.2, -0.15) is 0 Å². The van der Waals surface area contributed by atoms with E-state index in [1.54, 1.807) is 66.9 Å². The maximum absolute atomic E-state index is 12.9. The van der Waals surface area contributed by atoms with Crippen molar-refractivity contribution in [2.75, 3.05) is 16.8 Å². The van der Waals surface area contributed by atoms with Crippen LogP contribution in [0.3, 0.4) is 0 Å². The maximum Gasteiger partial charge on any atom is 0.305 e. The van der Waals surface area contributed by atoms with E-state index in [2.05, 4.69) is 15.6 Å². The summed E-state index contributed by atoms with van der Waals surface area (Å²) in [7, 11) is 0. The van der Waals surface area contributed by atoms with Gasteiger partial charge in [-0.25, -0.2) is 0 Å². The van der Waals surface area contributed by atoms with Gasteiger partial charge >= 0.3 is 5.97 Å². The number of rotatable bonds is 8. The third kappa shape index (κ3) is 5.89. The molecule has 2 aromatic carbocycles. The summed E-state index contributed by atoms with van der Waals surface area (Å²) in [5, 5.41) is 14.8. The fourth-order valence-electron chi connectivity index (χ4n) is 3.98. The van der Waals surface area contributed by atoms with Crippen LogP contribution < -0.4 is 15.5 Å². The average Bonchev–Trinajstić information content (AvgIpc) is 3.26. The Morgan fingerprint density at radius 1 is 1.06 bits per heavy atom. The lowest BCUT2D eigenvalue weighted by Crippen LogP contribution is -2.36. The van der Waals surface area contributed by atoms with Crippen LogP contribution in [0.2, 0.25) is 0 Å². The number of hydrogen-bond acceptors (Lipinski definition) is 5. The molecule has 0 aliphatic carbocycles. The van der Waals surface area contributed by atoms with Crippen LogP contribution in [0.15, 0.2) is 79.1 Å². The number of aliphatic carboxylic acids is 1. The van der Waals surface area contributed by atoms with Crippen molar-refractivity contribution < 1.29 is 24.3 Å². The molecule has 35 heavy (non-hydrogen) atoms. The van der Waals surface area contributed by atoms with Gasteiger partial charge in [0.1, 0.15) is 0 Å². The van der Waals surface area contributed by atoms with Crippen LogP contribution >= 0.6 is 0 Å². The lowest BCUT2D eigenvalue weighted by atomic mass is 10.0. The first kappa shape index (κ1) is 23.6. The van der Waals surface area contributed by atoms with Crippen molar-refractivity contribution in [3.63, 3.8) is 0 Å². The van der Waals surface area contributed by atoms with E-state index in [4.69, 9.17) is 0 Å². The number of carbonyl (C=O) groups excluding carboxylic acids is 3. The number of nitrogens with zero attached hydrogens (tertiary/aromatic N) is 2. The number of hydrogen-bond donors (Lipinski definition) is 3. The first-order chi connectivity index (χ1) is 16.9. The van der Waals surface area contributed by atoms with Crippen molar-refractivity contribution in [3.8, 4) is 0 Å². The molecule has 3 amide bonds. The standard InChI is InChI=1S/C26H24N4O5/c31-23-12-19(26(35)29-22(14-24(32)33)18-8-5-11-27-15-18)16-30(23)21-10-4-9-20(13-21)28-25(34)17-6-2-1-3-7-17/h1-11,13,15,19,22H,12,14,16H2,(H,28,34)(H,29,35)(H,32,33). The van der Waals surface area contributed by atoms with Gasteiger partial charge < -0.3 is 20.6 Å². The molecule has 0 radical (unpaired) electrons. The summed E-state index contributed by atoms with van der Waals surface area (Å²) in [6.45, 7) is 0.146. The highest BCUT2D eigenvalue weighted by Crippen LogP contribution is 2.28. The molecule has 1 aliphatic heterocycles. The Bertz CT molecular complexity index is 1230. The molecule has 3 aromatic rings. The minimum Gasteiger partial charge on any atom is -0.481 e. The molecule has 9 nitrogen and oxygen atoms in total. The van der Waals surface area contributed by atoms with E-state index in [0.717, 1.165) is 0 Å². The van der Waals surface area contributed by atoms with E-state index in [1.165, 1.54) is 11.1 Å². The van der Waals surface area contributed by atoms with Crippen molar-refractivity contribution in [2.24, 2.45) is 5.92 Å². The topological polar surface area (TPSA) is 129 Å². The number of benzene rings is 2. The number of nitrogens with one attached hydrogen (secondary N) is 2. The largest absolute Gasteiger partial charge is 0.481 e. The second-order valence-electron chi connectivity index (χ2n) is 8.22. The van der Waals surface area contributed by atoms with Crippen molar-refractivity contribution >= 4 is 35.1 Å². The summed E-state index contributed by atoms with van der Waals surface area (Å²) < 4.78 is 0. The van der Waals surface area contributed by atoms with Crippen LogP contribution in [0.25, 0.3) is 0 Å². The molecule has 0 bridgehead atoms. The Morgan fingerprint density at radius 3 is 2.57 bits per heavy atom. The van der Waals surface area contributed by atoms with Crippen molar-refractivity contribution in [2.45, 2.75) is 18.9 Å². The van der Waals surface area contributed by atoms with Crippen LogP contribution in [0.4, 0.5) is 11.4 Å². The predicted molar refractivity (Wildman–Crippen MR) is 129 cm³/mol. The molecule has 1 fully saturated rings. The Balaban J connectivity index is 1.44. The molecular weight excluding hydrogens is 448 g/mol. The second-order valence-corrected chi connectivity index (χ2v) is 8.22. The molecule has 1 aliphatic rings. The predicted octanol–water partition coefficient (Wildman–Crippen LogP) is 3.02. The first-order valence-electron chi connectivity index (χ1n) is 11.1.